The van der Waals surface area contributed by atoms with Crippen LogP contribution in [0.5, 0.6) is 11.5 Å². The Hall–Kier alpha value is -2.20. The molecule has 4 heteroatoms. The van der Waals surface area contributed by atoms with Crippen LogP contribution in [0.2, 0.25) is 0 Å². The predicted octanol–water partition coefficient (Wildman–Crippen LogP) is 4.54. The van der Waals surface area contributed by atoms with Crippen molar-refractivity contribution >= 4 is 5.69 Å². The van der Waals surface area contributed by atoms with Crippen molar-refractivity contribution in [2.75, 3.05) is 38.8 Å². The smallest absolute Gasteiger partial charge is 0.119 e. The van der Waals surface area contributed by atoms with Crippen molar-refractivity contribution in [1.82, 2.24) is 4.90 Å². The number of nitrogens with zero attached hydrogens (tertiary/aromatic N) is 2. The molecule has 2 aliphatic rings. The highest BCUT2D eigenvalue weighted by Crippen LogP contribution is 2.52. The lowest BCUT2D eigenvalue weighted by molar-refractivity contribution is 0.180. The molecular weight excluding hydrogens is 336 g/mol. The van der Waals surface area contributed by atoms with Crippen LogP contribution in [0.3, 0.4) is 0 Å². The molecule has 2 aromatic rings. The molecule has 4 nitrogen and oxygen atoms in total. The first kappa shape index (κ1) is 19.6. The molecule has 27 heavy (non-hydrogen) atoms. The van der Waals surface area contributed by atoms with Gasteiger partial charge in [0.25, 0.3) is 0 Å². The lowest BCUT2D eigenvalue weighted by Gasteiger charge is -2.34. The topological polar surface area (TPSA) is 24.9 Å². The molecule has 1 fully saturated rings. The number of anilines is 1. The van der Waals surface area contributed by atoms with Gasteiger partial charge in [0.2, 0.25) is 0 Å². The van der Waals surface area contributed by atoms with Crippen molar-refractivity contribution in [2.24, 2.45) is 0 Å². The molecule has 0 amide bonds. The Balaban J connectivity index is 0.00000102. The molecule has 2 aliphatic heterocycles. The minimum Gasteiger partial charge on any atom is -0.497 e. The van der Waals surface area contributed by atoms with Gasteiger partial charge in [0, 0.05) is 31.2 Å². The number of likely N-dealkylation sites (tertiary alicyclic amines) is 1. The zero-order valence-electron chi connectivity index (χ0n) is 17.2. The fraction of sp³-hybridized carbons (Fsp3) is 0.478. The molecule has 2 aromatic carbocycles. The van der Waals surface area contributed by atoms with E-state index in [0.717, 1.165) is 31.0 Å². The Labute approximate surface area is 163 Å². The summed E-state index contributed by atoms with van der Waals surface area (Å²) in [4.78, 5) is 4.97. The number of fused-ring (bicyclic) bond motifs is 3. The molecule has 2 atom stereocenters. The molecule has 2 heterocycles. The molecule has 0 bridgehead atoms. The van der Waals surface area contributed by atoms with Gasteiger partial charge in [0.1, 0.15) is 18.1 Å². The molecule has 0 aromatic heterocycles. The Morgan fingerprint density at radius 3 is 2.52 bits per heavy atom. The van der Waals surface area contributed by atoms with Crippen molar-refractivity contribution in [3.05, 3.63) is 54.1 Å². The number of para-hydroxylation sites is 1. The largest absolute Gasteiger partial charge is 0.497 e. The van der Waals surface area contributed by atoms with Crippen LogP contribution in [-0.4, -0.2) is 44.9 Å². The number of benzene rings is 2. The zero-order chi connectivity index (χ0) is 19.4. The molecule has 0 aliphatic carbocycles. The summed E-state index contributed by atoms with van der Waals surface area (Å²) in [5.74, 6) is 1.89. The summed E-state index contributed by atoms with van der Waals surface area (Å²) in [5.41, 5.74) is 2.87. The number of rotatable bonds is 5. The van der Waals surface area contributed by atoms with E-state index in [1.807, 2.05) is 44.2 Å². The number of likely N-dealkylation sites (N-methyl/N-ethyl adjacent to an activating group) is 1. The van der Waals surface area contributed by atoms with Crippen LogP contribution < -0.4 is 14.4 Å². The van der Waals surface area contributed by atoms with Gasteiger partial charge in [-0.2, -0.15) is 0 Å². The summed E-state index contributed by atoms with van der Waals surface area (Å²) in [6, 6.07) is 16.5. The van der Waals surface area contributed by atoms with Gasteiger partial charge in [0.15, 0.2) is 0 Å². The van der Waals surface area contributed by atoms with Crippen LogP contribution in [-0.2, 0) is 5.41 Å². The van der Waals surface area contributed by atoms with Crippen LogP contribution in [0.1, 0.15) is 32.8 Å². The molecule has 1 saturated heterocycles. The van der Waals surface area contributed by atoms with Crippen molar-refractivity contribution in [3.63, 3.8) is 0 Å². The fourth-order valence-electron chi connectivity index (χ4n) is 4.55. The van der Waals surface area contributed by atoms with Crippen molar-refractivity contribution in [1.29, 1.82) is 0 Å². The Morgan fingerprint density at radius 2 is 1.81 bits per heavy atom. The molecule has 4 rings (SSSR count). The number of ether oxygens (including phenoxy) is 2. The van der Waals surface area contributed by atoms with Gasteiger partial charge in [-0.3, -0.25) is 4.90 Å². The highest BCUT2D eigenvalue weighted by Gasteiger charge is 2.53. The van der Waals surface area contributed by atoms with E-state index >= 15 is 0 Å². The Bertz CT molecular complexity index is 749. The third-order valence-corrected chi connectivity index (χ3v) is 5.79. The number of methoxy groups -OCH3 is 1. The Kier molecular flexibility index (Phi) is 5.95. The maximum absolute atomic E-state index is 5.92. The molecule has 0 spiro atoms. The van der Waals surface area contributed by atoms with Crippen molar-refractivity contribution < 1.29 is 9.47 Å². The first-order valence-corrected chi connectivity index (χ1v) is 9.97. The van der Waals surface area contributed by atoms with Crippen LogP contribution in [0.4, 0.5) is 5.69 Å². The normalized spacial score (nSPS) is 23.3. The van der Waals surface area contributed by atoms with Gasteiger partial charge in [0.05, 0.1) is 13.3 Å². The summed E-state index contributed by atoms with van der Waals surface area (Å²) in [7, 11) is 3.94. The maximum Gasteiger partial charge on any atom is 0.119 e. The van der Waals surface area contributed by atoms with Gasteiger partial charge in [-0.1, -0.05) is 39.0 Å². The van der Waals surface area contributed by atoms with Crippen molar-refractivity contribution in [3.8, 4) is 11.5 Å². The van der Waals surface area contributed by atoms with E-state index in [1.165, 1.54) is 11.3 Å². The summed E-state index contributed by atoms with van der Waals surface area (Å²) < 4.78 is 11.4. The molecule has 0 radical (unpaired) electrons. The average molecular weight is 369 g/mol. The monoisotopic (exact) mass is 368 g/mol. The molecule has 146 valence electrons. The van der Waals surface area contributed by atoms with Crippen LogP contribution in [0.15, 0.2) is 48.5 Å². The standard InChI is InChI=1S/C21H26N2O2.C2H6/c1-21-11-12-23(13-14-25-16-7-5-4-6-8-16)20(21)22(2)19-10-9-17(24-3)15-18(19)21;1-2/h4-10,15,20H,11-14H2,1-3H3;1-2H3/t20?,21-;/m0./s1. The summed E-state index contributed by atoms with van der Waals surface area (Å²) in [6.45, 7) is 9.13. The predicted molar refractivity (Wildman–Crippen MR) is 112 cm³/mol. The molecular formula is C23H32N2O2. The first-order valence-electron chi connectivity index (χ1n) is 9.97. The van der Waals surface area contributed by atoms with Gasteiger partial charge in [-0.15, -0.1) is 0 Å². The SMILES string of the molecule is CC.COc1ccc2c(c1)[C@]1(C)CCN(CCOc3ccccc3)C1N2C. The molecule has 0 saturated carbocycles. The third kappa shape index (κ3) is 3.51. The minimum absolute atomic E-state index is 0.144. The van der Waals surface area contributed by atoms with Crippen LogP contribution in [0.25, 0.3) is 0 Å². The van der Waals surface area contributed by atoms with E-state index in [2.05, 4.69) is 42.0 Å². The quantitative estimate of drug-likeness (QED) is 0.774. The van der Waals surface area contributed by atoms with Crippen LogP contribution >= 0.6 is 0 Å². The second-order valence-corrected chi connectivity index (χ2v) is 7.23. The molecule has 1 unspecified atom stereocenters. The lowest BCUT2D eigenvalue weighted by atomic mass is 9.81. The summed E-state index contributed by atoms with van der Waals surface area (Å²) in [5, 5.41) is 0. The van der Waals surface area contributed by atoms with E-state index in [0.29, 0.717) is 12.8 Å². The van der Waals surface area contributed by atoms with E-state index < -0.39 is 0 Å². The van der Waals surface area contributed by atoms with E-state index in [-0.39, 0.29) is 5.41 Å². The number of hydrogen-bond donors (Lipinski definition) is 0. The highest BCUT2D eigenvalue weighted by atomic mass is 16.5. The lowest BCUT2D eigenvalue weighted by Crippen LogP contribution is -2.48. The fourth-order valence-corrected chi connectivity index (χ4v) is 4.55. The van der Waals surface area contributed by atoms with E-state index in [4.69, 9.17) is 9.47 Å². The van der Waals surface area contributed by atoms with Gasteiger partial charge < -0.3 is 14.4 Å². The Morgan fingerprint density at radius 1 is 1.07 bits per heavy atom. The van der Waals surface area contributed by atoms with Crippen LogP contribution in [0, 0.1) is 0 Å². The second kappa shape index (κ2) is 8.22. The van der Waals surface area contributed by atoms with Crippen molar-refractivity contribution in [2.45, 2.75) is 38.8 Å². The molecule has 0 N–H and O–H groups in total. The summed E-state index contributed by atoms with van der Waals surface area (Å²) in [6.07, 6.45) is 1.54. The highest BCUT2D eigenvalue weighted by molar-refractivity contribution is 5.66. The maximum atomic E-state index is 5.92. The zero-order valence-corrected chi connectivity index (χ0v) is 17.2. The average Bonchev–Trinajstić information content (AvgIpc) is 3.16. The van der Waals surface area contributed by atoms with Gasteiger partial charge in [-0.05, 0) is 42.3 Å². The van der Waals surface area contributed by atoms with E-state index in [9.17, 15) is 0 Å². The third-order valence-electron chi connectivity index (χ3n) is 5.79. The van der Waals surface area contributed by atoms with Gasteiger partial charge >= 0.3 is 0 Å². The first-order chi connectivity index (χ1) is 13.1. The minimum atomic E-state index is 0.144. The number of hydrogen-bond acceptors (Lipinski definition) is 4. The van der Waals surface area contributed by atoms with Gasteiger partial charge in [-0.25, -0.2) is 0 Å². The van der Waals surface area contributed by atoms with E-state index in [1.54, 1.807) is 7.11 Å². The second-order valence-electron chi connectivity index (χ2n) is 7.23. The summed E-state index contributed by atoms with van der Waals surface area (Å²) >= 11 is 0.